The largest absolute Gasteiger partial charge is 0.364 e. The Bertz CT molecular complexity index is 427. The molecule has 2 rings (SSSR count). The fourth-order valence-electron chi connectivity index (χ4n) is 1.09. The lowest BCUT2D eigenvalue weighted by atomic mass is 10.5. The molecular formula is C7H7ClN4O. The monoisotopic (exact) mass is 198 g/mol. The number of aromatic nitrogens is 4. The van der Waals surface area contributed by atoms with Crippen LogP contribution < -0.4 is 0 Å². The average molecular weight is 199 g/mol. The van der Waals surface area contributed by atoms with Gasteiger partial charge in [-0.25, -0.2) is 15.0 Å². The summed E-state index contributed by atoms with van der Waals surface area (Å²) in [4.78, 5) is 11.9. The van der Waals surface area contributed by atoms with E-state index in [0.717, 1.165) is 0 Å². The van der Waals surface area contributed by atoms with Gasteiger partial charge >= 0.3 is 0 Å². The third-order valence-electron chi connectivity index (χ3n) is 1.62. The molecule has 0 radical (unpaired) electrons. The number of nitrogens with zero attached hydrogens (tertiary/aromatic N) is 4. The third kappa shape index (κ3) is 1.36. The Labute approximate surface area is 79.3 Å². The molecule has 0 aliphatic carbocycles. The SMILES string of the molecule is COCn1cnc2c(Cl)ncnc21. The van der Waals surface area contributed by atoms with Crippen molar-refractivity contribution in [1.82, 2.24) is 19.5 Å². The zero-order valence-corrected chi connectivity index (χ0v) is 7.69. The molecule has 0 spiro atoms. The Morgan fingerprint density at radius 3 is 3.08 bits per heavy atom. The fourth-order valence-corrected chi connectivity index (χ4v) is 1.26. The second-order valence-corrected chi connectivity index (χ2v) is 2.83. The summed E-state index contributed by atoms with van der Waals surface area (Å²) < 4.78 is 6.71. The maximum atomic E-state index is 5.80. The van der Waals surface area contributed by atoms with E-state index in [-0.39, 0.29) is 0 Å². The highest BCUT2D eigenvalue weighted by Gasteiger charge is 2.06. The molecule has 6 heteroatoms. The van der Waals surface area contributed by atoms with Crippen LogP contribution in [0.4, 0.5) is 0 Å². The number of imidazole rings is 1. The first-order valence-electron chi connectivity index (χ1n) is 3.63. The average Bonchev–Trinajstić information content (AvgIpc) is 2.51. The van der Waals surface area contributed by atoms with Crippen LogP contribution >= 0.6 is 11.6 Å². The molecule has 13 heavy (non-hydrogen) atoms. The van der Waals surface area contributed by atoms with Gasteiger partial charge in [-0.05, 0) is 0 Å². The summed E-state index contributed by atoms with van der Waals surface area (Å²) in [6.45, 7) is 0.407. The van der Waals surface area contributed by atoms with Gasteiger partial charge in [-0.2, -0.15) is 0 Å². The van der Waals surface area contributed by atoms with E-state index >= 15 is 0 Å². The summed E-state index contributed by atoms with van der Waals surface area (Å²) in [6, 6.07) is 0. The van der Waals surface area contributed by atoms with Crippen LogP contribution in [0.3, 0.4) is 0 Å². The number of hydrogen-bond donors (Lipinski definition) is 0. The minimum atomic E-state index is 0.361. The van der Waals surface area contributed by atoms with Crippen LogP contribution in [0, 0.1) is 0 Å². The van der Waals surface area contributed by atoms with Crippen molar-refractivity contribution >= 4 is 22.8 Å². The van der Waals surface area contributed by atoms with Crippen LogP contribution in [0.15, 0.2) is 12.7 Å². The maximum absolute atomic E-state index is 5.80. The minimum Gasteiger partial charge on any atom is -0.364 e. The highest BCUT2D eigenvalue weighted by molar-refractivity contribution is 6.33. The van der Waals surface area contributed by atoms with Crippen molar-refractivity contribution in [2.75, 3.05) is 7.11 Å². The van der Waals surface area contributed by atoms with Crippen LogP contribution in [-0.2, 0) is 11.5 Å². The van der Waals surface area contributed by atoms with E-state index in [0.29, 0.717) is 23.0 Å². The van der Waals surface area contributed by atoms with Crippen LogP contribution in [0.5, 0.6) is 0 Å². The molecule has 0 N–H and O–H groups in total. The van der Waals surface area contributed by atoms with Crippen molar-refractivity contribution in [3.8, 4) is 0 Å². The van der Waals surface area contributed by atoms with Crippen molar-refractivity contribution in [3.05, 3.63) is 17.8 Å². The molecule has 0 aliphatic rings. The predicted molar refractivity (Wildman–Crippen MR) is 47.3 cm³/mol. The van der Waals surface area contributed by atoms with Gasteiger partial charge in [-0.15, -0.1) is 0 Å². The van der Waals surface area contributed by atoms with Crippen LogP contribution in [0.1, 0.15) is 0 Å². The number of rotatable bonds is 2. The first-order chi connectivity index (χ1) is 6.33. The lowest BCUT2D eigenvalue weighted by Crippen LogP contribution is -1.98. The molecule has 0 unspecified atom stereocenters. The van der Waals surface area contributed by atoms with E-state index in [1.807, 2.05) is 0 Å². The van der Waals surface area contributed by atoms with E-state index in [4.69, 9.17) is 16.3 Å². The topological polar surface area (TPSA) is 52.8 Å². The molecule has 0 aromatic carbocycles. The third-order valence-corrected chi connectivity index (χ3v) is 1.90. The molecule has 0 aliphatic heterocycles. The summed E-state index contributed by atoms with van der Waals surface area (Å²) >= 11 is 5.80. The van der Waals surface area contributed by atoms with Gasteiger partial charge in [0.1, 0.15) is 18.6 Å². The first kappa shape index (κ1) is 8.40. The van der Waals surface area contributed by atoms with Crippen LogP contribution in [0.2, 0.25) is 5.15 Å². The zero-order valence-electron chi connectivity index (χ0n) is 6.94. The molecular weight excluding hydrogens is 192 g/mol. The van der Waals surface area contributed by atoms with Gasteiger partial charge in [-0.3, -0.25) is 4.57 Å². The maximum Gasteiger partial charge on any atom is 0.166 e. The molecule has 0 amide bonds. The van der Waals surface area contributed by atoms with Crippen molar-refractivity contribution in [3.63, 3.8) is 0 Å². The molecule has 5 nitrogen and oxygen atoms in total. The number of methoxy groups -OCH3 is 1. The Balaban J connectivity index is 2.61. The molecule has 0 atom stereocenters. The van der Waals surface area contributed by atoms with Gasteiger partial charge in [0.2, 0.25) is 0 Å². The van der Waals surface area contributed by atoms with E-state index in [2.05, 4.69) is 15.0 Å². The van der Waals surface area contributed by atoms with Crippen molar-refractivity contribution < 1.29 is 4.74 Å². The normalized spacial score (nSPS) is 10.9. The minimum absolute atomic E-state index is 0.361. The summed E-state index contributed by atoms with van der Waals surface area (Å²) in [6.07, 6.45) is 3.02. The molecule has 0 fully saturated rings. The quantitative estimate of drug-likeness (QED) is 0.678. The smallest absolute Gasteiger partial charge is 0.166 e. The summed E-state index contributed by atoms with van der Waals surface area (Å²) in [5.41, 5.74) is 1.28. The van der Waals surface area contributed by atoms with Gasteiger partial charge in [0.05, 0.1) is 6.33 Å². The number of hydrogen-bond acceptors (Lipinski definition) is 4. The summed E-state index contributed by atoms with van der Waals surface area (Å²) in [5, 5.41) is 0.361. The van der Waals surface area contributed by atoms with Crippen LogP contribution in [-0.4, -0.2) is 26.6 Å². The van der Waals surface area contributed by atoms with E-state index in [1.54, 1.807) is 18.0 Å². The Hall–Kier alpha value is -1.20. The van der Waals surface area contributed by atoms with E-state index in [9.17, 15) is 0 Å². The predicted octanol–water partition coefficient (Wildman–Crippen LogP) is 1.08. The number of ether oxygens (including phenoxy) is 1. The highest BCUT2D eigenvalue weighted by atomic mass is 35.5. The standard InChI is InChI=1S/C7H7ClN4O/c1-13-4-12-3-11-5-6(8)9-2-10-7(5)12/h2-3H,4H2,1H3. The Morgan fingerprint density at radius 1 is 1.46 bits per heavy atom. The number of fused-ring (bicyclic) bond motifs is 1. The lowest BCUT2D eigenvalue weighted by molar-refractivity contribution is 0.134. The summed E-state index contributed by atoms with van der Waals surface area (Å²) in [5.74, 6) is 0. The summed E-state index contributed by atoms with van der Waals surface area (Å²) in [7, 11) is 1.61. The molecule has 68 valence electrons. The van der Waals surface area contributed by atoms with Gasteiger partial charge < -0.3 is 4.74 Å². The zero-order chi connectivity index (χ0) is 9.26. The van der Waals surface area contributed by atoms with Gasteiger partial charge in [0, 0.05) is 7.11 Å². The highest BCUT2D eigenvalue weighted by Crippen LogP contribution is 2.16. The molecule has 0 bridgehead atoms. The molecule has 2 aromatic rings. The fraction of sp³-hybridized carbons (Fsp3) is 0.286. The Morgan fingerprint density at radius 2 is 2.31 bits per heavy atom. The molecule has 2 aromatic heterocycles. The van der Waals surface area contributed by atoms with Gasteiger partial charge in [0.25, 0.3) is 0 Å². The molecule has 0 saturated heterocycles. The Kier molecular flexibility index (Phi) is 2.12. The second-order valence-electron chi connectivity index (χ2n) is 2.47. The van der Waals surface area contributed by atoms with Gasteiger partial charge in [-0.1, -0.05) is 11.6 Å². The van der Waals surface area contributed by atoms with Gasteiger partial charge in [0.15, 0.2) is 10.8 Å². The first-order valence-corrected chi connectivity index (χ1v) is 4.01. The van der Waals surface area contributed by atoms with Crippen molar-refractivity contribution in [2.45, 2.75) is 6.73 Å². The second kappa shape index (κ2) is 3.27. The molecule has 0 saturated carbocycles. The lowest BCUT2D eigenvalue weighted by Gasteiger charge is -1.99. The van der Waals surface area contributed by atoms with E-state index < -0.39 is 0 Å². The molecule has 2 heterocycles. The van der Waals surface area contributed by atoms with Crippen LogP contribution in [0.25, 0.3) is 11.2 Å². The van der Waals surface area contributed by atoms with E-state index in [1.165, 1.54) is 6.33 Å². The number of halogens is 1. The van der Waals surface area contributed by atoms with Crippen molar-refractivity contribution in [1.29, 1.82) is 0 Å². The van der Waals surface area contributed by atoms with Crippen molar-refractivity contribution in [2.24, 2.45) is 0 Å².